The lowest BCUT2D eigenvalue weighted by atomic mass is 10.00. The first-order chi connectivity index (χ1) is 9.70. The van der Waals surface area contributed by atoms with Crippen molar-refractivity contribution in [2.75, 3.05) is 19.7 Å². The van der Waals surface area contributed by atoms with Gasteiger partial charge in [-0.15, -0.1) is 0 Å². The molecule has 0 radical (unpaired) electrons. The summed E-state index contributed by atoms with van der Waals surface area (Å²) < 4.78 is 5.08. The third kappa shape index (κ3) is 3.90. The fourth-order valence-electron chi connectivity index (χ4n) is 2.53. The van der Waals surface area contributed by atoms with Crippen LogP contribution in [0.3, 0.4) is 0 Å². The monoisotopic (exact) mass is 275 g/mol. The molecule has 1 heterocycles. The van der Waals surface area contributed by atoms with E-state index in [2.05, 4.69) is 17.0 Å². The number of rotatable bonds is 5. The van der Waals surface area contributed by atoms with E-state index in [-0.39, 0.29) is 18.2 Å². The number of benzene rings is 1. The van der Waals surface area contributed by atoms with Crippen LogP contribution in [0.2, 0.25) is 0 Å². The van der Waals surface area contributed by atoms with Gasteiger partial charge in [-0.05, 0) is 18.9 Å². The van der Waals surface area contributed by atoms with Crippen molar-refractivity contribution < 1.29 is 14.3 Å². The van der Waals surface area contributed by atoms with Crippen molar-refractivity contribution in [1.29, 1.82) is 0 Å². The van der Waals surface area contributed by atoms with Gasteiger partial charge < -0.3 is 4.74 Å². The third-order valence-corrected chi connectivity index (χ3v) is 3.63. The highest BCUT2D eigenvalue weighted by Crippen LogP contribution is 2.16. The van der Waals surface area contributed by atoms with E-state index in [1.54, 1.807) is 6.92 Å². The minimum Gasteiger partial charge on any atom is -0.465 e. The number of carbonyl (C=O) groups is 2. The molecule has 20 heavy (non-hydrogen) atoms. The fourth-order valence-corrected chi connectivity index (χ4v) is 2.53. The normalized spacial score (nSPS) is 19.9. The SMILES string of the molecule is CCOC(=O)[C@H]1CC(=O)CCN1CCc1ccccc1. The molecule has 0 saturated carbocycles. The van der Waals surface area contributed by atoms with Crippen molar-refractivity contribution in [3.63, 3.8) is 0 Å². The van der Waals surface area contributed by atoms with Crippen molar-refractivity contribution in [3.8, 4) is 0 Å². The summed E-state index contributed by atoms with van der Waals surface area (Å²) in [5, 5.41) is 0. The Labute approximate surface area is 119 Å². The summed E-state index contributed by atoms with van der Waals surface area (Å²) in [5.74, 6) is -0.118. The van der Waals surface area contributed by atoms with Crippen LogP contribution in [0.5, 0.6) is 0 Å². The summed E-state index contributed by atoms with van der Waals surface area (Å²) in [7, 11) is 0. The topological polar surface area (TPSA) is 46.6 Å². The highest BCUT2D eigenvalue weighted by atomic mass is 16.5. The Morgan fingerprint density at radius 2 is 2.10 bits per heavy atom. The zero-order chi connectivity index (χ0) is 14.4. The van der Waals surface area contributed by atoms with Gasteiger partial charge in [-0.2, -0.15) is 0 Å². The molecule has 1 aliphatic rings. The molecule has 1 aliphatic heterocycles. The Morgan fingerprint density at radius 3 is 2.80 bits per heavy atom. The second kappa shape index (κ2) is 7.20. The quantitative estimate of drug-likeness (QED) is 0.769. The lowest BCUT2D eigenvalue weighted by molar-refractivity contribution is -0.153. The summed E-state index contributed by atoms with van der Waals surface area (Å²) in [4.78, 5) is 25.6. The second-order valence-corrected chi connectivity index (χ2v) is 5.03. The zero-order valence-corrected chi connectivity index (χ0v) is 11.9. The van der Waals surface area contributed by atoms with Crippen LogP contribution in [-0.2, 0) is 20.7 Å². The van der Waals surface area contributed by atoms with E-state index in [4.69, 9.17) is 4.74 Å². The molecule has 0 amide bonds. The Balaban J connectivity index is 1.96. The fraction of sp³-hybridized carbons (Fsp3) is 0.500. The molecule has 0 bridgehead atoms. The molecule has 1 aromatic carbocycles. The number of piperidine rings is 1. The van der Waals surface area contributed by atoms with Gasteiger partial charge >= 0.3 is 5.97 Å². The maximum Gasteiger partial charge on any atom is 0.323 e. The number of Topliss-reactive ketones (excluding diaryl/α,β-unsaturated/α-hetero) is 1. The first-order valence-electron chi connectivity index (χ1n) is 7.17. The van der Waals surface area contributed by atoms with E-state index in [1.165, 1.54) is 5.56 Å². The molecule has 0 aliphatic carbocycles. The molecule has 0 unspecified atom stereocenters. The molecule has 1 saturated heterocycles. The average Bonchev–Trinajstić information content (AvgIpc) is 2.47. The van der Waals surface area contributed by atoms with Gasteiger partial charge in [0.05, 0.1) is 6.61 Å². The third-order valence-electron chi connectivity index (χ3n) is 3.63. The van der Waals surface area contributed by atoms with Gasteiger partial charge in [0.1, 0.15) is 11.8 Å². The molecule has 2 rings (SSSR count). The van der Waals surface area contributed by atoms with E-state index in [0.29, 0.717) is 19.6 Å². The largest absolute Gasteiger partial charge is 0.465 e. The van der Waals surface area contributed by atoms with Crippen molar-refractivity contribution in [2.45, 2.75) is 32.2 Å². The first-order valence-corrected chi connectivity index (χ1v) is 7.17. The van der Waals surface area contributed by atoms with Crippen molar-refractivity contribution in [2.24, 2.45) is 0 Å². The standard InChI is InChI=1S/C16H21NO3/c1-2-20-16(19)15-12-14(18)9-11-17(15)10-8-13-6-4-3-5-7-13/h3-7,15H,2,8-12H2,1H3/t15-/m1/s1. The van der Waals surface area contributed by atoms with Crippen molar-refractivity contribution in [1.82, 2.24) is 4.90 Å². The van der Waals surface area contributed by atoms with Gasteiger partial charge in [0, 0.05) is 25.9 Å². The van der Waals surface area contributed by atoms with Crippen LogP contribution in [0.15, 0.2) is 30.3 Å². The molecule has 0 N–H and O–H groups in total. The molecule has 4 nitrogen and oxygen atoms in total. The van der Waals surface area contributed by atoms with Gasteiger partial charge in [0.15, 0.2) is 0 Å². The summed E-state index contributed by atoms with van der Waals surface area (Å²) in [6.45, 7) is 3.57. The Bertz CT molecular complexity index is 458. The van der Waals surface area contributed by atoms with Crippen LogP contribution in [0.4, 0.5) is 0 Å². The molecule has 4 heteroatoms. The zero-order valence-electron chi connectivity index (χ0n) is 11.9. The summed E-state index contributed by atoms with van der Waals surface area (Å²) in [5.41, 5.74) is 1.24. The molecule has 0 aromatic heterocycles. The predicted molar refractivity (Wildman–Crippen MR) is 76.4 cm³/mol. The van der Waals surface area contributed by atoms with Gasteiger partial charge in [0.2, 0.25) is 0 Å². The van der Waals surface area contributed by atoms with Gasteiger partial charge in [-0.25, -0.2) is 0 Å². The number of ether oxygens (including phenoxy) is 1. The molecule has 0 spiro atoms. The number of likely N-dealkylation sites (tertiary alicyclic amines) is 1. The Kier molecular flexibility index (Phi) is 5.30. The molecule has 1 fully saturated rings. The average molecular weight is 275 g/mol. The number of hydrogen-bond donors (Lipinski definition) is 0. The second-order valence-electron chi connectivity index (χ2n) is 5.03. The molecular weight excluding hydrogens is 254 g/mol. The van der Waals surface area contributed by atoms with Crippen LogP contribution < -0.4 is 0 Å². The lowest BCUT2D eigenvalue weighted by Gasteiger charge is -2.33. The van der Waals surface area contributed by atoms with Gasteiger partial charge in [-0.3, -0.25) is 14.5 Å². The van der Waals surface area contributed by atoms with Crippen LogP contribution >= 0.6 is 0 Å². The molecule has 108 valence electrons. The predicted octanol–water partition coefficient (Wildman–Crippen LogP) is 1.83. The maximum atomic E-state index is 11.9. The van der Waals surface area contributed by atoms with E-state index >= 15 is 0 Å². The molecule has 1 aromatic rings. The van der Waals surface area contributed by atoms with Crippen LogP contribution in [0.25, 0.3) is 0 Å². The summed E-state index contributed by atoms with van der Waals surface area (Å²) in [6.07, 6.45) is 1.70. The van der Waals surface area contributed by atoms with Gasteiger partial charge in [-0.1, -0.05) is 30.3 Å². The Hall–Kier alpha value is -1.68. The molecule has 1 atom stereocenters. The smallest absolute Gasteiger partial charge is 0.323 e. The number of hydrogen-bond acceptors (Lipinski definition) is 4. The van der Waals surface area contributed by atoms with E-state index in [9.17, 15) is 9.59 Å². The van der Waals surface area contributed by atoms with E-state index in [1.807, 2.05) is 18.2 Å². The van der Waals surface area contributed by atoms with Crippen molar-refractivity contribution >= 4 is 11.8 Å². The number of nitrogens with zero attached hydrogens (tertiary/aromatic N) is 1. The first kappa shape index (κ1) is 14.7. The summed E-state index contributed by atoms with van der Waals surface area (Å²) >= 11 is 0. The van der Waals surface area contributed by atoms with Crippen molar-refractivity contribution in [3.05, 3.63) is 35.9 Å². The van der Waals surface area contributed by atoms with Gasteiger partial charge in [0.25, 0.3) is 0 Å². The number of carbonyl (C=O) groups excluding carboxylic acids is 2. The van der Waals surface area contributed by atoms with Crippen LogP contribution in [0.1, 0.15) is 25.3 Å². The highest BCUT2D eigenvalue weighted by Gasteiger charge is 2.33. The Morgan fingerprint density at radius 1 is 1.35 bits per heavy atom. The molecular formula is C16H21NO3. The number of ketones is 1. The van der Waals surface area contributed by atoms with Crippen LogP contribution in [-0.4, -0.2) is 42.4 Å². The lowest BCUT2D eigenvalue weighted by Crippen LogP contribution is -2.48. The maximum absolute atomic E-state index is 11.9. The van der Waals surface area contributed by atoms with E-state index in [0.717, 1.165) is 13.0 Å². The minimum atomic E-state index is -0.403. The summed E-state index contributed by atoms with van der Waals surface area (Å²) in [6, 6.07) is 9.77. The van der Waals surface area contributed by atoms with Crippen LogP contribution in [0, 0.1) is 0 Å². The van der Waals surface area contributed by atoms with E-state index < -0.39 is 6.04 Å². The highest BCUT2D eigenvalue weighted by molar-refractivity contribution is 5.87. The number of esters is 1. The minimum absolute atomic E-state index is 0.152.